The first kappa shape index (κ1) is 10.7. The van der Waals surface area contributed by atoms with Crippen molar-refractivity contribution in [2.45, 2.75) is 51.6 Å². The molecule has 0 spiro atoms. The van der Waals surface area contributed by atoms with Gasteiger partial charge in [0.1, 0.15) is 5.82 Å². The fourth-order valence-corrected chi connectivity index (χ4v) is 2.32. The summed E-state index contributed by atoms with van der Waals surface area (Å²) in [6.07, 6.45) is 10.4. The largest absolute Gasteiger partial charge is 0.335 e. The average Bonchev–Trinajstić information content (AvgIpc) is 2.75. The van der Waals surface area contributed by atoms with Crippen molar-refractivity contribution in [2.24, 2.45) is 0 Å². The van der Waals surface area contributed by atoms with Gasteiger partial charge in [-0.2, -0.15) is 0 Å². The molecule has 0 aromatic carbocycles. The summed E-state index contributed by atoms with van der Waals surface area (Å²) < 4.78 is 2.29. The Labute approximate surface area is 91.9 Å². The number of aryl methyl sites for hydroxylation is 2. The van der Waals surface area contributed by atoms with Gasteiger partial charge in [0.2, 0.25) is 0 Å². The van der Waals surface area contributed by atoms with Gasteiger partial charge in [-0.1, -0.05) is 13.3 Å². The van der Waals surface area contributed by atoms with E-state index < -0.39 is 0 Å². The summed E-state index contributed by atoms with van der Waals surface area (Å²) in [5.74, 6) is 1.21. The highest BCUT2D eigenvalue weighted by molar-refractivity contribution is 4.91. The molecule has 15 heavy (non-hydrogen) atoms. The molecule has 2 rings (SSSR count). The molecule has 0 bridgehead atoms. The predicted octanol–water partition coefficient (Wildman–Crippen LogP) is 1.98. The predicted molar refractivity (Wildman–Crippen MR) is 61.9 cm³/mol. The van der Waals surface area contributed by atoms with Crippen LogP contribution in [0, 0.1) is 0 Å². The van der Waals surface area contributed by atoms with E-state index >= 15 is 0 Å². The van der Waals surface area contributed by atoms with Gasteiger partial charge in [0.15, 0.2) is 0 Å². The second kappa shape index (κ2) is 5.31. The second-order valence-corrected chi connectivity index (χ2v) is 4.33. The first-order chi connectivity index (χ1) is 7.40. The van der Waals surface area contributed by atoms with Crippen molar-refractivity contribution in [3.05, 3.63) is 18.2 Å². The molecule has 0 aliphatic carbocycles. The van der Waals surface area contributed by atoms with Crippen molar-refractivity contribution in [1.29, 1.82) is 0 Å². The topological polar surface area (TPSA) is 29.9 Å². The maximum absolute atomic E-state index is 4.34. The fraction of sp³-hybridized carbons (Fsp3) is 0.750. The van der Waals surface area contributed by atoms with E-state index in [1.165, 1.54) is 38.1 Å². The first-order valence-corrected chi connectivity index (χ1v) is 6.13. The van der Waals surface area contributed by atoms with Crippen molar-refractivity contribution in [3.63, 3.8) is 0 Å². The smallest absolute Gasteiger partial charge is 0.108 e. The van der Waals surface area contributed by atoms with Crippen LogP contribution in [0.3, 0.4) is 0 Å². The van der Waals surface area contributed by atoms with E-state index in [1.807, 2.05) is 6.20 Å². The summed E-state index contributed by atoms with van der Waals surface area (Å²) in [5, 5.41) is 3.59. The minimum atomic E-state index is 0.728. The molecule has 1 aromatic rings. The van der Waals surface area contributed by atoms with Crippen LogP contribution in [-0.4, -0.2) is 22.1 Å². The van der Waals surface area contributed by atoms with Crippen LogP contribution in [0.2, 0.25) is 0 Å². The molecule has 1 atom stereocenters. The third-order valence-electron chi connectivity index (χ3n) is 3.25. The van der Waals surface area contributed by atoms with Gasteiger partial charge >= 0.3 is 0 Å². The van der Waals surface area contributed by atoms with Crippen LogP contribution in [0.1, 0.15) is 38.4 Å². The molecule has 1 N–H and O–H groups in total. The average molecular weight is 207 g/mol. The summed E-state index contributed by atoms with van der Waals surface area (Å²) in [6, 6.07) is 0.728. The molecule has 3 nitrogen and oxygen atoms in total. The molecule has 1 aliphatic rings. The number of nitrogens with zero attached hydrogens (tertiary/aromatic N) is 2. The monoisotopic (exact) mass is 207 g/mol. The van der Waals surface area contributed by atoms with Crippen molar-refractivity contribution < 1.29 is 0 Å². The van der Waals surface area contributed by atoms with Gasteiger partial charge in [0.05, 0.1) is 0 Å². The number of aromatic nitrogens is 2. The van der Waals surface area contributed by atoms with Crippen molar-refractivity contribution in [3.8, 4) is 0 Å². The van der Waals surface area contributed by atoms with Gasteiger partial charge < -0.3 is 9.88 Å². The highest BCUT2D eigenvalue weighted by Crippen LogP contribution is 2.11. The molecule has 0 radical (unpaired) electrons. The normalized spacial score (nSPS) is 21.8. The van der Waals surface area contributed by atoms with Gasteiger partial charge in [-0.3, -0.25) is 0 Å². The Balaban J connectivity index is 1.81. The first-order valence-electron chi connectivity index (χ1n) is 6.13. The SMILES string of the molecule is CCc1nccn1CCC1CCCCN1. The maximum Gasteiger partial charge on any atom is 0.108 e. The number of piperidine rings is 1. The molecule has 1 saturated heterocycles. The van der Waals surface area contributed by atoms with Crippen LogP contribution in [0.25, 0.3) is 0 Å². The Hall–Kier alpha value is -0.830. The lowest BCUT2D eigenvalue weighted by atomic mass is 10.0. The molecule has 1 fully saturated rings. The summed E-state index contributed by atoms with van der Waals surface area (Å²) >= 11 is 0. The summed E-state index contributed by atoms with van der Waals surface area (Å²) in [7, 11) is 0. The quantitative estimate of drug-likeness (QED) is 0.818. The Kier molecular flexibility index (Phi) is 3.78. The molecule has 1 unspecified atom stereocenters. The number of hydrogen-bond acceptors (Lipinski definition) is 2. The molecule has 1 aliphatic heterocycles. The van der Waals surface area contributed by atoms with Crippen molar-refractivity contribution in [1.82, 2.24) is 14.9 Å². The summed E-state index contributed by atoms with van der Waals surface area (Å²) in [4.78, 5) is 4.34. The number of rotatable bonds is 4. The highest BCUT2D eigenvalue weighted by Gasteiger charge is 2.12. The number of imidazole rings is 1. The second-order valence-electron chi connectivity index (χ2n) is 4.33. The molecule has 3 heteroatoms. The molecule has 84 valence electrons. The summed E-state index contributed by atoms with van der Waals surface area (Å²) in [6.45, 7) is 4.48. The lowest BCUT2D eigenvalue weighted by Crippen LogP contribution is -2.34. The molecular weight excluding hydrogens is 186 g/mol. The van der Waals surface area contributed by atoms with Crippen LogP contribution in [-0.2, 0) is 13.0 Å². The third kappa shape index (κ3) is 2.81. The van der Waals surface area contributed by atoms with Gasteiger partial charge in [0, 0.05) is 31.4 Å². The van der Waals surface area contributed by atoms with Gasteiger partial charge in [-0.25, -0.2) is 4.98 Å². The van der Waals surface area contributed by atoms with Gasteiger partial charge in [0.25, 0.3) is 0 Å². The molecule has 2 heterocycles. The molecule has 0 amide bonds. The molecule has 0 saturated carbocycles. The minimum absolute atomic E-state index is 0.728. The van der Waals surface area contributed by atoms with E-state index in [4.69, 9.17) is 0 Å². The minimum Gasteiger partial charge on any atom is -0.335 e. The van der Waals surface area contributed by atoms with E-state index in [0.717, 1.165) is 19.0 Å². The molecular formula is C12H21N3. The third-order valence-corrected chi connectivity index (χ3v) is 3.25. The van der Waals surface area contributed by atoms with E-state index in [9.17, 15) is 0 Å². The number of hydrogen-bond donors (Lipinski definition) is 1. The lowest BCUT2D eigenvalue weighted by molar-refractivity contribution is 0.365. The zero-order chi connectivity index (χ0) is 10.5. The highest BCUT2D eigenvalue weighted by atomic mass is 15.1. The van der Waals surface area contributed by atoms with Gasteiger partial charge in [-0.05, 0) is 25.8 Å². The van der Waals surface area contributed by atoms with Crippen LogP contribution in [0.5, 0.6) is 0 Å². The zero-order valence-corrected chi connectivity index (χ0v) is 9.58. The Morgan fingerprint density at radius 1 is 1.53 bits per heavy atom. The Morgan fingerprint density at radius 3 is 3.20 bits per heavy atom. The van der Waals surface area contributed by atoms with E-state index in [0.29, 0.717) is 0 Å². The van der Waals surface area contributed by atoms with Crippen LogP contribution < -0.4 is 5.32 Å². The standard InChI is InChI=1S/C12H21N3/c1-2-12-14-8-10-15(12)9-6-11-5-3-4-7-13-11/h8,10-11,13H,2-7,9H2,1H3. The van der Waals surface area contributed by atoms with Crippen molar-refractivity contribution in [2.75, 3.05) is 6.54 Å². The summed E-state index contributed by atoms with van der Waals surface area (Å²) in [5.41, 5.74) is 0. The van der Waals surface area contributed by atoms with Crippen molar-refractivity contribution >= 4 is 0 Å². The zero-order valence-electron chi connectivity index (χ0n) is 9.58. The van der Waals surface area contributed by atoms with E-state index in [1.54, 1.807) is 0 Å². The number of nitrogens with one attached hydrogen (secondary N) is 1. The Bertz CT molecular complexity index is 287. The van der Waals surface area contributed by atoms with Crippen LogP contribution in [0.4, 0.5) is 0 Å². The van der Waals surface area contributed by atoms with E-state index in [2.05, 4.69) is 28.0 Å². The van der Waals surface area contributed by atoms with E-state index in [-0.39, 0.29) is 0 Å². The van der Waals surface area contributed by atoms with Gasteiger partial charge in [-0.15, -0.1) is 0 Å². The lowest BCUT2D eigenvalue weighted by Gasteiger charge is -2.23. The van der Waals surface area contributed by atoms with Crippen LogP contribution >= 0.6 is 0 Å². The van der Waals surface area contributed by atoms with Crippen LogP contribution in [0.15, 0.2) is 12.4 Å². The fourth-order valence-electron chi connectivity index (χ4n) is 2.32. The maximum atomic E-state index is 4.34. The Morgan fingerprint density at radius 2 is 2.47 bits per heavy atom. The molecule has 1 aromatic heterocycles.